The van der Waals surface area contributed by atoms with E-state index in [1.54, 1.807) is 5.56 Å². The fraction of sp³-hybridized carbons (Fsp3) is 0.667. The van der Waals surface area contributed by atoms with Gasteiger partial charge in [0.25, 0.3) is 0 Å². The molecule has 0 aliphatic rings. The molecule has 0 saturated heterocycles. The summed E-state index contributed by atoms with van der Waals surface area (Å²) in [5.41, 5.74) is 4.93. The zero-order chi connectivity index (χ0) is 14.3. The molecule has 0 heterocycles. The van der Waals surface area contributed by atoms with Crippen LogP contribution in [-0.4, -0.2) is 13.1 Å². The second-order valence-corrected chi connectivity index (χ2v) is 6.25. The van der Waals surface area contributed by atoms with Crippen molar-refractivity contribution >= 4 is 0 Å². The lowest BCUT2D eigenvalue weighted by atomic mass is 9.84. The van der Waals surface area contributed by atoms with Crippen LogP contribution >= 0.6 is 0 Å². The van der Waals surface area contributed by atoms with Gasteiger partial charge < -0.3 is 5.32 Å². The molecule has 1 aromatic carbocycles. The van der Waals surface area contributed by atoms with E-state index in [1.165, 1.54) is 24.0 Å². The lowest BCUT2D eigenvalue weighted by Crippen LogP contribution is -2.29. The van der Waals surface area contributed by atoms with Crippen LogP contribution in [0.2, 0.25) is 0 Å². The molecule has 0 spiro atoms. The summed E-state index contributed by atoms with van der Waals surface area (Å²) in [4.78, 5) is 0. The van der Waals surface area contributed by atoms with E-state index in [-0.39, 0.29) is 0 Å². The number of aryl methyl sites for hydroxylation is 3. The van der Waals surface area contributed by atoms with Crippen LogP contribution in [0.4, 0.5) is 0 Å². The first-order valence-corrected chi connectivity index (χ1v) is 7.83. The minimum Gasteiger partial charge on any atom is -0.316 e. The van der Waals surface area contributed by atoms with E-state index in [4.69, 9.17) is 0 Å². The molecular formula is C18H31N. The van der Waals surface area contributed by atoms with Crippen LogP contribution < -0.4 is 5.32 Å². The van der Waals surface area contributed by atoms with Gasteiger partial charge >= 0.3 is 0 Å². The lowest BCUT2D eigenvalue weighted by Gasteiger charge is -2.25. The Morgan fingerprint density at radius 2 is 1.74 bits per heavy atom. The van der Waals surface area contributed by atoms with E-state index >= 15 is 0 Å². The molecule has 0 radical (unpaired) electrons. The van der Waals surface area contributed by atoms with Crippen molar-refractivity contribution < 1.29 is 0 Å². The van der Waals surface area contributed by atoms with Gasteiger partial charge in [0.1, 0.15) is 0 Å². The van der Waals surface area contributed by atoms with Gasteiger partial charge in [0.15, 0.2) is 0 Å². The normalized spacial score (nSPS) is 11.8. The van der Waals surface area contributed by atoms with E-state index in [1.807, 2.05) is 0 Å². The molecule has 0 unspecified atom stereocenters. The third kappa shape index (κ3) is 5.36. The maximum Gasteiger partial charge on any atom is 0.000251 e. The molecule has 1 heteroatoms. The lowest BCUT2D eigenvalue weighted by molar-refractivity contribution is 0.317. The standard InChI is InChI=1S/C18H31N/c1-6-15-9-10-16(7-2)17(13-15)11-12-18(4,5)14-19-8-3/h9-10,13,19H,6-8,11-12,14H2,1-5H3. The SMILES string of the molecule is CCNCC(C)(C)CCc1cc(CC)ccc1CC. The van der Waals surface area contributed by atoms with Crippen molar-refractivity contribution in [2.45, 2.75) is 60.3 Å². The zero-order valence-corrected chi connectivity index (χ0v) is 13.5. The minimum atomic E-state index is 0.378. The molecule has 0 amide bonds. The van der Waals surface area contributed by atoms with Crippen molar-refractivity contribution in [2.75, 3.05) is 13.1 Å². The Labute approximate surface area is 119 Å². The van der Waals surface area contributed by atoms with Crippen molar-refractivity contribution in [2.24, 2.45) is 5.41 Å². The van der Waals surface area contributed by atoms with Gasteiger partial charge in [-0.15, -0.1) is 0 Å². The molecular weight excluding hydrogens is 230 g/mol. The summed E-state index contributed by atoms with van der Waals surface area (Å²) in [7, 11) is 0. The Hall–Kier alpha value is -0.820. The van der Waals surface area contributed by atoms with Gasteiger partial charge in [0.05, 0.1) is 0 Å². The molecule has 0 fully saturated rings. The Kier molecular flexibility index (Phi) is 6.57. The Balaban J connectivity index is 2.70. The number of hydrogen-bond acceptors (Lipinski definition) is 1. The highest BCUT2D eigenvalue weighted by atomic mass is 14.9. The molecule has 1 rings (SSSR count). The zero-order valence-electron chi connectivity index (χ0n) is 13.5. The Morgan fingerprint density at radius 3 is 2.32 bits per heavy atom. The molecule has 1 nitrogen and oxygen atoms in total. The van der Waals surface area contributed by atoms with Gasteiger partial charge in [0, 0.05) is 6.54 Å². The number of nitrogens with one attached hydrogen (secondary N) is 1. The molecule has 1 aromatic rings. The number of hydrogen-bond donors (Lipinski definition) is 1. The number of benzene rings is 1. The van der Waals surface area contributed by atoms with Crippen LogP contribution in [0.5, 0.6) is 0 Å². The highest BCUT2D eigenvalue weighted by Crippen LogP contribution is 2.24. The summed E-state index contributed by atoms with van der Waals surface area (Å²) in [5.74, 6) is 0. The maximum atomic E-state index is 3.48. The van der Waals surface area contributed by atoms with Crippen LogP contribution in [0.3, 0.4) is 0 Å². The molecule has 1 N–H and O–H groups in total. The van der Waals surface area contributed by atoms with Crippen LogP contribution in [0, 0.1) is 5.41 Å². The number of rotatable bonds is 8. The van der Waals surface area contributed by atoms with E-state index < -0.39 is 0 Å². The van der Waals surface area contributed by atoms with E-state index in [0.29, 0.717) is 5.41 Å². The predicted molar refractivity (Wildman–Crippen MR) is 85.8 cm³/mol. The monoisotopic (exact) mass is 261 g/mol. The Morgan fingerprint density at radius 1 is 1.00 bits per heavy atom. The maximum absolute atomic E-state index is 3.48. The summed E-state index contributed by atoms with van der Waals surface area (Å²) in [5, 5.41) is 3.48. The first-order valence-electron chi connectivity index (χ1n) is 7.83. The van der Waals surface area contributed by atoms with Gasteiger partial charge in [-0.05, 0) is 54.3 Å². The molecule has 0 saturated carbocycles. The predicted octanol–water partition coefficient (Wildman–Crippen LogP) is 4.38. The van der Waals surface area contributed by atoms with Crippen molar-refractivity contribution in [1.29, 1.82) is 0 Å². The van der Waals surface area contributed by atoms with Crippen molar-refractivity contribution in [3.05, 3.63) is 34.9 Å². The van der Waals surface area contributed by atoms with Crippen LogP contribution in [0.15, 0.2) is 18.2 Å². The topological polar surface area (TPSA) is 12.0 Å². The molecule has 108 valence electrons. The van der Waals surface area contributed by atoms with Gasteiger partial charge in [-0.25, -0.2) is 0 Å². The van der Waals surface area contributed by atoms with Gasteiger partial charge in [0.2, 0.25) is 0 Å². The summed E-state index contributed by atoms with van der Waals surface area (Å²) in [6.45, 7) is 13.6. The minimum absolute atomic E-state index is 0.378. The second-order valence-electron chi connectivity index (χ2n) is 6.25. The molecule has 0 aromatic heterocycles. The summed E-state index contributed by atoms with van der Waals surface area (Å²) in [6.07, 6.45) is 4.74. The smallest absolute Gasteiger partial charge is 0.000251 e. The summed E-state index contributed by atoms with van der Waals surface area (Å²) in [6, 6.07) is 7.03. The summed E-state index contributed by atoms with van der Waals surface area (Å²) >= 11 is 0. The fourth-order valence-corrected chi connectivity index (χ4v) is 2.50. The molecule has 0 aliphatic carbocycles. The van der Waals surface area contributed by atoms with E-state index in [9.17, 15) is 0 Å². The first-order chi connectivity index (χ1) is 9.02. The van der Waals surface area contributed by atoms with Gasteiger partial charge in [-0.2, -0.15) is 0 Å². The highest BCUT2D eigenvalue weighted by Gasteiger charge is 2.17. The van der Waals surface area contributed by atoms with Gasteiger partial charge in [-0.3, -0.25) is 0 Å². The average molecular weight is 261 g/mol. The van der Waals surface area contributed by atoms with Crippen LogP contribution in [0.25, 0.3) is 0 Å². The highest BCUT2D eigenvalue weighted by molar-refractivity contribution is 5.32. The fourth-order valence-electron chi connectivity index (χ4n) is 2.50. The van der Waals surface area contributed by atoms with Crippen molar-refractivity contribution in [1.82, 2.24) is 5.32 Å². The van der Waals surface area contributed by atoms with Gasteiger partial charge in [-0.1, -0.05) is 52.8 Å². The first kappa shape index (κ1) is 16.2. The second kappa shape index (κ2) is 7.69. The van der Waals surface area contributed by atoms with E-state index in [0.717, 1.165) is 25.9 Å². The van der Waals surface area contributed by atoms with Crippen molar-refractivity contribution in [3.8, 4) is 0 Å². The largest absolute Gasteiger partial charge is 0.316 e. The third-order valence-corrected chi connectivity index (χ3v) is 3.98. The van der Waals surface area contributed by atoms with Crippen LogP contribution in [-0.2, 0) is 19.3 Å². The summed E-state index contributed by atoms with van der Waals surface area (Å²) < 4.78 is 0. The average Bonchev–Trinajstić information content (AvgIpc) is 2.42. The molecule has 0 bridgehead atoms. The Bertz CT molecular complexity index is 379. The quantitative estimate of drug-likeness (QED) is 0.732. The third-order valence-electron chi connectivity index (χ3n) is 3.98. The van der Waals surface area contributed by atoms with E-state index in [2.05, 4.69) is 58.1 Å². The molecule has 0 atom stereocenters. The van der Waals surface area contributed by atoms with Crippen molar-refractivity contribution in [3.63, 3.8) is 0 Å². The molecule has 19 heavy (non-hydrogen) atoms. The van der Waals surface area contributed by atoms with Crippen LogP contribution in [0.1, 0.15) is 57.7 Å². The molecule has 0 aliphatic heterocycles.